The van der Waals surface area contributed by atoms with Gasteiger partial charge in [0.25, 0.3) is 0 Å². The Labute approximate surface area is 192 Å². The van der Waals surface area contributed by atoms with Crippen molar-refractivity contribution in [3.05, 3.63) is 40.5 Å². The Kier molecular flexibility index (Phi) is 4.90. The van der Waals surface area contributed by atoms with Crippen molar-refractivity contribution in [2.45, 2.75) is 106 Å². The summed E-state index contributed by atoms with van der Waals surface area (Å²) in [6.45, 7) is 22.4. The second kappa shape index (κ2) is 6.98. The van der Waals surface area contributed by atoms with E-state index in [-0.39, 0.29) is 0 Å². The molecule has 0 spiro atoms. The molecule has 4 unspecified atom stereocenters. The summed E-state index contributed by atoms with van der Waals surface area (Å²) in [4.78, 5) is 0. The molecular formula is C31H46. The third kappa shape index (κ3) is 3.21. The van der Waals surface area contributed by atoms with Crippen molar-refractivity contribution in [1.29, 1.82) is 0 Å². The van der Waals surface area contributed by atoms with Crippen LogP contribution in [-0.4, -0.2) is 0 Å². The Bertz CT molecular complexity index is 908. The van der Waals surface area contributed by atoms with Crippen LogP contribution in [0.2, 0.25) is 0 Å². The first kappa shape index (κ1) is 21.8. The normalized spacial score (nSPS) is 36.2. The van der Waals surface area contributed by atoms with Gasteiger partial charge in [-0.3, -0.25) is 0 Å². The minimum Gasteiger partial charge on any atom is -0.0952 e. The van der Waals surface area contributed by atoms with E-state index in [1.165, 1.54) is 62.5 Å². The number of allylic oxidation sites excluding steroid dienone is 1. The maximum Gasteiger partial charge on any atom is -0.0166 e. The van der Waals surface area contributed by atoms with Gasteiger partial charge in [-0.2, -0.15) is 0 Å². The van der Waals surface area contributed by atoms with E-state index in [0.29, 0.717) is 16.2 Å². The lowest BCUT2D eigenvalue weighted by Gasteiger charge is -2.64. The van der Waals surface area contributed by atoms with E-state index in [1.54, 1.807) is 22.3 Å². The van der Waals surface area contributed by atoms with Gasteiger partial charge in [-0.1, -0.05) is 47.3 Å². The first-order valence-electron chi connectivity index (χ1n) is 13.3. The lowest BCUT2D eigenvalue weighted by atomic mass is 9.40. The molecule has 0 saturated heterocycles. The maximum atomic E-state index is 4.43. The third-order valence-electron chi connectivity index (χ3n) is 11.1. The van der Waals surface area contributed by atoms with Crippen LogP contribution >= 0.6 is 0 Å². The quantitative estimate of drug-likeness (QED) is 0.460. The summed E-state index contributed by atoms with van der Waals surface area (Å²) in [7, 11) is 0. The number of benzene rings is 1. The molecule has 170 valence electrons. The summed E-state index contributed by atoms with van der Waals surface area (Å²) in [5.41, 5.74) is 10.6. The first-order chi connectivity index (χ1) is 14.5. The molecule has 4 aliphatic carbocycles. The van der Waals surface area contributed by atoms with Gasteiger partial charge in [0.05, 0.1) is 0 Å². The predicted molar refractivity (Wildman–Crippen MR) is 134 cm³/mol. The zero-order valence-corrected chi connectivity index (χ0v) is 21.5. The highest BCUT2D eigenvalue weighted by molar-refractivity contribution is 5.75. The molecule has 0 radical (unpaired) electrons. The van der Waals surface area contributed by atoms with Crippen LogP contribution in [0.1, 0.15) is 107 Å². The third-order valence-corrected chi connectivity index (χ3v) is 11.1. The van der Waals surface area contributed by atoms with Crippen LogP contribution < -0.4 is 0 Å². The second-order valence-corrected chi connectivity index (χ2v) is 13.6. The highest BCUT2D eigenvalue weighted by atomic mass is 14.7. The molecule has 1 aromatic carbocycles. The number of aryl methyl sites for hydroxylation is 2. The molecule has 4 atom stereocenters. The lowest BCUT2D eigenvalue weighted by molar-refractivity contribution is -0.149. The average molecular weight is 419 g/mol. The fourth-order valence-electron chi connectivity index (χ4n) is 9.40. The van der Waals surface area contributed by atoms with Crippen LogP contribution in [0.3, 0.4) is 0 Å². The van der Waals surface area contributed by atoms with Crippen LogP contribution in [0.25, 0.3) is 5.57 Å². The van der Waals surface area contributed by atoms with Crippen LogP contribution in [0.15, 0.2) is 12.6 Å². The van der Waals surface area contributed by atoms with Gasteiger partial charge in [0, 0.05) is 0 Å². The fraction of sp³-hybridized carbons (Fsp3) is 0.742. The van der Waals surface area contributed by atoms with Crippen molar-refractivity contribution in [1.82, 2.24) is 0 Å². The summed E-state index contributed by atoms with van der Waals surface area (Å²) in [6.07, 6.45) is 12.4. The Morgan fingerprint density at radius 3 is 2.32 bits per heavy atom. The van der Waals surface area contributed by atoms with Crippen LogP contribution in [-0.2, 0) is 12.8 Å². The maximum absolute atomic E-state index is 4.43. The SMILES string of the molecule is C=C1CCc2cc(C)c(CC3C(C)(C)CCC4C(C)(C)C(C5CC5)CCC34C)c(C)c21. The van der Waals surface area contributed by atoms with Crippen molar-refractivity contribution >= 4 is 5.57 Å². The van der Waals surface area contributed by atoms with E-state index in [9.17, 15) is 0 Å². The number of rotatable bonds is 3. The molecule has 4 aliphatic rings. The molecule has 3 fully saturated rings. The van der Waals surface area contributed by atoms with Gasteiger partial charge in [-0.15, -0.1) is 0 Å². The van der Waals surface area contributed by atoms with Gasteiger partial charge in [0.15, 0.2) is 0 Å². The topological polar surface area (TPSA) is 0 Å². The van der Waals surface area contributed by atoms with Crippen molar-refractivity contribution in [3.8, 4) is 0 Å². The molecule has 1 aromatic rings. The molecule has 0 heterocycles. The highest BCUT2D eigenvalue weighted by Crippen LogP contribution is 2.68. The fourth-order valence-corrected chi connectivity index (χ4v) is 9.40. The minimum absolute atomic E-state index is 0.419. The number of fused-ring (bicyclic) bond motifs is 2. The molecule has 0 bridgehead atoms. The van der Waals surface area contributed by atoms with Crippen LogP contribution in [0.4, 0.5) is 0 Å². The van der Waals surface area contributed by atoms with Gasteiger partial charge in [-0.05, 0) is 145 Å². The lowest BCUT2D eigenvalue weighted by Crippen LogP contribution is -2.57. The molecule has 0 nitrogen and oxygen atoms in total. The Morgan fingerprint density at radius 2 is 1.65 bits per heavy atom. The van der Waals surface area contributed by atoms with Crippen molar-refractivity contribution in [3.63, 3.8) is 0 Å². The molecular weight excluding hydrogens is 372 g/mol. The summed E-state index contributed by atoms with van der Waals surface area (Å²) < 4.78 is 0. The second-order valence-electron chi connectivity index (χ2n) is 13.6. The minimum atomic E-state index is 0.419. The molecule has 0 N–H and O–H groups in total. The van der Waals surface area contributed by atoms with Crippen molar-refractivity contribution in [2.24, 2.45) is 39.9 Å². The Morgan fingerprint density at radius 1 is 0.935 bits per heavy atom. The number of hydrogen-bond acceptors (Lipinski definition) is 0. The standard InChI is InChI=1S/C31H46/c1-19-9-10-23-17-20(2)24(21(3)28(19)23)18-27-29(4,5)15-14-26-30(6,7)25(22-11-12-22)13-16-31(26,27)8/h17,22,25-27H,1,9-16,18H2,2-8H3. The molecule has 0 aliphatic heterocycles. The van der Waals surface area contributed by atoms with Crippen molar-refractivity contribution in [2.75, 3.05) is 0 Å². The van der Waals surface area contributed by atoms with E-state index in [4.69, 9.17) is 0 Å². The van der Waals surface area contributed by atoms with Gasteiger partial charge in [-0.25, -0.2) is 0 Å². The van der Waals surface area contributed by atoms with Crippen molar-refractivity contribution < 1.29 is 0 Å². The van der Waals surface area contributed by atoms with E-state index in [0.717, 1.165) is 30.1 Å². The van der Waals surface area contributed by atoms with Gasteiger partial charge in [0.2, 0.25) is 0 Å². The first-order valence-corrected chi connectivity index (χ1v) is 13.3. The summed E-state index contributed by atoms with van der Waals surface area (Å²) in [5.74, 6) is 3.66. The predicted octanol–water partition coefficient (Wildman–Crippen LogP) is 8.71. The monoisotopic (exact) mass is 418 g/mol. The Hall–Kier alpha value is -1.04. The molecule has 0 heteroatoms. The molecule has 0 amide bonds. The van der Waals surface area contributed by atoms with Crippen LogP contribution in [0.5, 0.6) is 0 Å². The van der Waals surface area contributed by atoms with Gasteiger partial charge < -0.3 is 0 Å². The molecule has 5 rings (SSSR count). The zero-order valence-electron chi connectivity index (χ0n) is 21.5. The van der Waals surface area contributed by atoms with Gasteiger partial charge >= 0.3 is 0 Å². The van der Waals surface area contributed by atoms with Gasteiger partial charge in [0.1, 0.15) is 0 Å². The van der Waals surface area contributed by atoms with E-state index in [1.807, 2.05) is 0 Å². The van der Waals surface area contributed by atoms with Crippen LogP contribution in [0, 0.1) is 53.8 Å². The van der Waals surface area contributed by atoms with E-state index >= 15 is 0 Å². The largest absolute Gasteiger partial charge is 0.0952 e. The van der Waals surface area contributed by atoms with E-state index < -0.39 is 0 Å². The molecule has 0 aromatic heterocycles. The molecule has 31 heavy (non-hydrogen) atoms. The molecule has 3 saturated carbocycles. The average Bonchev–Trinajstić information content (AvgIpc) is 3.42. The number of hydrogen-bond donors (Lipinski definition) is 0. The summed E-state index contributed by atoms with van der Waals surface area (Å²) in [5, 5.41) is 0. The summed E-state index contributed by atoms with van der Waals surface area (Å²) in [6, 6.07) is 2.51. The summed E-state index contributed by atoms with van der Waals surface area (Å²) >= 11 is 0. The zero-order chi connectivity index (χ0) is 22.3. The smallest absolute Gasteiger partial charge is 0.0166 e. The van der Waals surface area contributed by atoms with E-state index in [2.05, 4.69) is 61.1 Å². The highest BCUT2D eigenvalue weighted by Gasteiger charge is 2.60. The Balaban J connectivity index is 1.54.